The third-order valence-electron chi connectivity index (χ3n) is 3.59. The van der Waals surface area contributed by atoms with Gasteiger partial charge < -0.3 is 19.9 Å². The van der Waals surface area contributed by atoms with E-state index in [1.165, 1.54) is 5.56 Å². The Morgan fingerprint density at radius 2 is 2.29 bits per heavy atom. The second-order valence-corrected chi connectivity index (χ2v) is 5.64. The van der Waals surface area contributed by atoms with E-state index < -0.39 is 0 Å². The second-order valence-electron chi connectivity index (χ2n) is 5.64. The van der Waals surface area contributed by atoms with Gasteiger partial charge in [0.25, 0.3) is 0 Å². The molecule has 2 rings (SSSR count). The van der Waals surface area contributed by atoms with Gasteiger partial charge in [0.05, 0.1) is 12.1 Å². The molecule has 1 unspecified atom stereocenters. The summed E-state index contributed by atoms with van der Waals surface area (Å²) in [6.45, 7) is 7.46. The summed E-state index contributed by atoms with van der Waals surface area (Å²) in [5.74, 6) is 0.855. The van der Waals surface area contributed by atoms with Crippen LogP contribution in [0.1, 0.15) is 32.3 Å². The van der Waals surface area contributed by atoms with Crippen LogP contribution in [0.4, 0.5) is 0 Å². The Kier molecular flexibility index (Phi) is 7.51. The molecular formula is C15H27IN4O. The van der Waals surface area contributed by atoms with Gasteiger partial charge in [0.2, 0.25) is 0 Å². The van der Waals surface area contributed by atoms with E-state index in [1.54, 1.807) is 0 Å². The van der Waals surface area contributed by atoms with Gasteiger partial charge in [-0.25, -0.2) is 4.99 Å². The van der Waals surface area contributed by atoms with Gasteiger partial charge in [0, 0.05) is 39.1 Å². The normalized spacial score (nSPS) is 22.0. The van der Waals surface area contributed by atoms with Crippen molar-refractivity contribution in [3.63, 3.8) is 0 Å². The van der Waals surface area contributed by atoms with Gasteiger partial charge in [0.1, 0.15) is 0 Å². The lowest BCUT2D eigenvalue weighted by Crippen LogP contribution is -2.45. The number of hydrogen-bond acceptors (Lipinski definition) is 2. The molecule has 120 valence electrons. The van der Waals surface area contributed by atoms with Crippen molar-refractivity contribution in [3.05, 3.63) is 24.0 Å². The average Bonchev–Trinajstić information content (AvgIpc) is 3.03. The summed E-state index contributed by atoms with van der Waals surface area (Å²) >= 11 is 0. The topological polar surface area (TPSA) is 50.6 Å². The van der Waals surface area contributed by atoms with Gasteiger partial charge in [0.15, 0.2) is 5.96 Å². The number of hydrogen-bond donors (Lipinski definition) is 2. The van der Waals surface area contributed by atoms with Crippen molar-refractivity contribution in [2.45, 2.75) is 38.8 Å². The zero-order valence-electron chi connectivity index (χ0n) is 13.2. The van der Waals surface area contributed by atoms with Crippen molar-refractivity contribution >= 4 is 29.9 Å². The van der Waals surface area contributed by atoms with Crippen molar-refractivity contribution in [2.24, 2.45) is 12.0 Å². The highest BCUT2D eigenvalue weighted by molar-refractivity contribution is 14.0. The quantitative estimate of drug-likeness (QED) is 0.448. The van der Waals surface area contributed by atoms with Gasteiger partial charge >= 0.3 is 0 Å². The lowest BCUT2D eigenvalue weighted by molar-refractivity contribution is 0.0243. The molecule has 6 heteroatoms. The van der Waals surface area contributed by atoms with Crippen molar-refractivity contribution in [3.8, 4) is 0 Å². The fraction of sp³-hybridized carbons (Fsp3) is 0.667. The molecule has 1 aliphatic rings. The molecule has 0 radical (unpaired) electrons. The third kappa shape index (κ3) is 5.86. The zero-order chi connectivity index (χ0) is 14.4. The lowest BCUT2D eigenvalue weighted by Gasteiger charge is -2.24. The maximum Gasteiger partial charge on any atom is 0.191 e. The van der Waals surface area contributed by atoms with Crippen molar-refractivity contribution in [1.82, 2.24) is 15.2 Å². The molecule has 1 saturated heterocycles. The number of ether oxygens (including phenoxy) is 1. The van der Waals surface area contributed by atoms with Crippen LogP contribution < -0.4 is 10.6 Å². The molecule has 21 heavy (non-hydrogen) atoms. The minimum Gasteiger partial charge on any atom is -0.373 e. The number of aryl methyl sites for hydroxylation is 1. The zero-order valence-corrected chi connectivity index (χ0v) is 15.5. The van der Waals surface area contributed by atoms with E-state index in [9.17, 15) is 0 Å². The maximum atomic E-state index is 5.79. The van der Waals surface area contributed by atoms with Crippen LogP contribution in [0.5, 0.6) is 0 Å². The predicted octanol–water partition coefficient (Wildman–Crippen LogP) is 2.27. The first-order valence-electron chi connectivity index (χ1n) is 7.38. The Morgan fingerprint density at radius 1 is 1.48 bits per heavy atom. The van der Waals surface area contributed by atoms with Gasteiger partial charge in [-0.2, -0.15) is 0 Å². The molecule has 0 saturated carbocycles. The van der Waals surface area contributed by atoms with Crippen LogP contribution in [0.25, 0.3) is 0 Å². The summed E-state index contributed by atoms with van der Waals surface area (Å²) in [5.41, 5.74) is 1.16. The average molecular weight is 406 g/mol. The standard InChI is InChI=1S/C15H26N4O.HI/c1-4-16-14(17-10-13-6-8-19(3)11-13)18-12-15(2)7-5-9-20-15;/h6,8,11H,4-5,7,9-10,12H2,1-3H3,(H2,16,17,18);1H. The second kappa shape index (κ2) is 8.63. The number of aromatic nitrogens is 1. The van der Waals surface area contributed by atoms with Crippen LogP contribution in [-0.4, -0.2) is 35.8 Å². The van der Waals surface area contributed by atoms with Crippen LogP contribution >= 0.6 is 24.0 Å². The largest absolute Gasteiger partial charge is 0.373 e. The van der Waals surface area contributed by atoms with Crippen LogP contribution in [0, 0.1) is 0 Å². The Morgan fingerprint density at radius 3 is 2.86 bits per heavy atom. The van der Waals surface area contributed by atoms with E-state index >= 15 is 0 Å². The molecule has 0 spiro atoms. The van der Waals surface area contributed by atoms with Gasteiger partial charge in [-0.1, -0.05) is 0 Å². The van der Waals surface area contributed by atoms with Gasteiger partial charge in [-0.3, -0.25) is 0 Å². The Balaban J connectivity index is 0.00000220. The molecule has 0 aromatic carbocycles. The summed E-state index contributed by atoms with van der Waals surface area (Å²) in [6.07, 6.45) is 6.39. The highest BCUT2D eigenvalue weighted by Gasteiger charge is 2.29. The molecular weight excluding hydrogens is 379 g/mol. The maximum absolute atomic E-state index is 5.79. The van der Waals surface area contributed by atoms with Gasteiger partial charge in [-0.15, -0.1) is 24.0 Å². The highest BCUT2D eigenvalue weighted by Crippen LogP contribution is 2.23. The number of rotatable bonds is 5. The van der Waals surface area contributed by atoms with Crippen LogP contribution in [0.15, 0.2) is 23.5 Å². The molecule has 1 fully saturated rings. The molecule has 0 bridgehead atoms. The molecule has 5 nitrogen and oxygen atoms in total. The molecule has 1 aliphatic heterocycles. The van der Waals surface area contributed by atoms with E-state index in [0.29, 0.717) is 6.54 Å². The lowest BCUT2D eigenvalue weighted by atomic mass is 10.0. The summed E-state index contributed by atoms with van der Waals surface area (Å²) in [5, 5.41) is 6.66. The highest BCUT2D eigenvalue weighted by atomic mass is 127. The van der Waals surface area contributed by atoms with Crippen LogP contribution in [-0.2, 0) is 18.3 Å². The molecule has 2 heterocycles. The minimum absolute atomic E-state index is 0. The Hall–Kier alpha value is -0.760. The summed E-state index contributed by atoms with van der Waals surface area (Å²) in [6, 6.07) is 2.09. The number of guanidine groups is 1. The van der Waals surface area contributed by atoms with Crippen LogP contribution in [0.3, 0.4) is 0 Å². The summed E-state index contributed by atoms with van der Waals surface area (Å²) in [4.78, 5) is 4.61. The van der Waals surface area contributed by atoms with E-state index in [-0.39, 0.29) is 29.6 Å². The predicted molar refractivity (Wildman–Crippen MR) is 97.2 cm³/mol. The molecule has 1 aromatic rings. The minimum atomic E-state index is -0.0526. The van der Waals surface area contributed by atoms with E-state index in [4.69, 9.17) is 4.74 Å². The number of nitrogens with one attached hydrogen (secondary N) is 2. The van der Waals surface area contributed by atoms with Crippen molar-refractivity contribution in [2.75, 3.05) is 19.7 Å². The fourth-order valence-electron chi connectivity index (χ4n) is 2.41. The number of halogens is 1. The molecule has 2 N–H and O–H groups in total. The summed E-state index contributed by atoms with van der Waals surface area (Å²) < 4.78 is 7.83. The first-order valence-corrected chi connectivity index (χ1v) is 7.38. The smallest absolute Gasteiger partial charge is 0.191 e. The third-order valence-corrected chi connectivity index (χ3v) is 3.59. The van der Waals surface area contributed by atoms with Gasteiger partial charge in [-0.05, 0) is 38.3 Å². The molecule has 0 aliphatic carbocycles. The number of nitrogens with zero attached hydrogens (tertiary/aromatic N) is 2. The SMILES string of the molecule is CCNC(=NCc1ccn(C)c1)NCC1(C)CCCO1.I. The van der Waals surface area contributed by atoms with E-state index in [2.05, 4.69) is 41.7 Å². The Bertz CT molecular complexity index is 452. The number of aliphatic imine (C=N–C) groups is 1. The van der Waals surface area contributed by atoms with Crippen molar-refractivity contribution in [1.29, 1.82) is 0 Å². The molecule has 1 atom stereocenters. The van der Waals surface area contributed by atoms with E-state index in [0.717, 1.165) is 38.5 Å². The fourth-order valence-corrected chi connectivity index (χ4v) is 2.41. The molecule has 1 aromatic heterocycles. The first kappa shape index (κ1) is 18.3. The Labute approximate surface area is 144 Å². The monoisotopic (exact) mass is 406 g/mol. The first-order chi connectivity index (χ1) is 9.61. The van der Waals surface area contributed by atoms with Crippen molar-refractivity contribution < 1.29 is 4.74 Å². The molecule has 0 amide bonds. The summed E-state index contributed by atoms with van der Waals surface area (Å²) in [7, 11) is 2.02. The van der Waals surface area contributed by atoms with Crippen LogP contribution in [0.2, 0.25) is 0 Å². The van der Waals surface area contributed by atoms with E-state index in [1.807, 2.05) is 17.8 Å².